The topological polar surface area (TPSA) is 61.4 Å². The molecule has 0 saturated carbocycles. The second kappa shape index (κ2) is 15.0. The Hall–Kier alpha value is -2.14. The Morgan fingerprint density at radius 1 is 0.523 bits per heavy atom. The van der Waals surface area contributed by atoms with Crippen molar-refractivity contribution in [2.24, 2.45) is 0 Å². The molecule has 6 rings (SSSR count). The fourth-order valence-electron chi connectivity index (χ4n) is 5.96. The van der Waals surface area contributed by atoms with Gasteiger partial charge in [-0.05, 0) is 81.1 Å². The molecular formula is C34H40Br2N6S2. The SMILES string of the molecule is CCCCCCCCn1nc2c(-c3ccc(Br)s3)cc3c(cc(-c4ccc(Br)s4)c4nn(CCCCCCCC)nc43)c2n1. The third-order valence-corrected chi connectivity index (χ3v) is 11.6. The van der Waals surface area contributed by atoms with Gasteiger partial charge >= 0.3 is 0 Å². The molecule has 0 amide bonds. The van der Waals surface area contributed by atoms with E-state index >= 15 is 0 Å². The highest BCUT2D eigenvalue weighted by molar-refractivity contribution is 9.11. The van der Waals surface area contributed by atoms with E-state index in [4.69, 9.17) is 20.4 Å². The summed E-state index contributed by atoms with van der Waals surface area (Å²) in [5, 5.41) is 22.7. The van der Waals surface area contributed by atoms with Crippen LogP contribution in [0.15, 0.2) is 44.0 Å². The van der Waals surface area contributed by atoms with E-state index in [0.717, 1.165) is 77.5 Å². The minimum atomic E-state index is 0.831. The van der Waals surface area contributed by atoms with Gasteiger partial charge in [-0.1, -0.05) is 78.1 Å². The van der Waals surface area contributed by atoms with Crippen molar-refractivity contribution in [2.45, 2.75) is 104 Å². The number of unbranched alkanes of at least 4 members (excludes halogenated alkanes) is 10. The molecule has 0 aliphatic carbocycles. The number of nitrogens with zero attached hydrogens (tertiary/aromatic N) is 6. The molecule has 0 saturated heterocycles. The molecule has 4 aromatic heterocycles. The van der Waals surface area contributed by atoms with E-state index < -0.39 is 0 Å². The Kier molecular flexibility index (Phi) is 10.8. The molecule has 0 N–H and O–H groups in total. The van der Waals surface area contributed by atoms with Gasteiger partial charge in [-0.15, -0.1) is 22.7 Å². The maximum Gasteiger partial charge on any atom is 0.122 e. The smallest absolute Gasteiger partial charge is 0.122 e. The lowest BCUT2D eigenvalue weighted by Gasteiger charge is -2.07. The Balaban J connectivity index is 1.45. The summed E-state index contributed by atoms with van der Waals surface area (Å²) in [5.74, 6) is 0. The molecule has 6 aromatic rings. The van der Waals surface area contributed by atoms with Crippen LogP contribution in [0.3, 0.4) is 0 Å². The van der Waals surface area contributed by atoms with Gasteiger partial charge in [0.1, 0.15) is 22.1 Å². The normalized spacial score (nSPS) is 12.0. The molecule has 232 valence electrons. The molecule has 0 aliphatic rings. The highest BCUT2D eigenvalue weighted by atomic mass is 79.9. The number of aryl methyl sites for hydroxylation is 2. The third-order valence-electron chi connectivity index (χ3n) is 8.30. The standard InChI is InChI=1S/C34H40Br2N6S2/c1-3-5-7-9-11-13-19-41-37-31-23-21-26(28-16-18-30(36)44-28)34-32(38-42(40-34)20-14-12-10-8-6-4-2)24(23)22-25(33(31)39-41)27-15-17-29(35)43-27/h15-18,21-22H,3-14,19-20H2,1-2H3. The van der Waals surface area contributed by atoms with Gasteiger partial charge < -0.3 is 0 Å². The van der Waals surface area contributed by atoms with Gasteiger partial charge in [-0.3, -0.25) is 0 Å². The fraction of sp³-hybridized carbons (Fsp3) is 0.471. The van der Waals surface area contributed by atoms with E-state index in [1.165, 1.54) is 74.0 Å². The number of halogens is 2. The zero-order chi connectivity index (χ0) is 30.5. The summed E-state index contributed by atoms with van der Waals surface area (Å²) in [6.45, 7) is 6.19. The van der Waals surface area contributed by atoms with Crippen molar-refractivity contribution in [2.75, 3.05) is 0 Å². The highest BCUT2D eigenvalue weighted by Crippen LogP contribution is 2.43. The quantitative estimate of drug-likeness (QED) is 0.0923. The summed E-state index contributed by atoms with van der Waals surface area (Å²) in [6.07, 6.45) is 14.9. The first kappa shape index (κ1) is 31.8. The van der Waals surface area contributed by atoms with Gasteiger partial charge in [0.15, 0.2) is 0 Å². The lowest BCUT2D eigenvalue weighted by Crippen LogP contribution is -2.02. The molecule has 0 spiro atoms. The molecule has 0 atom stereocenters. The van der Waals surface area contributed by atoms with Crippen LogP contribution in [0.1, 0.15) is 90.9 Å². The summed E-state index contributed by atoms with van der Waals surface area (Å²) in [7, 11) is 0. The number of hydrogen-bond donors (Lipinski definition) is 0. The van der Waals surface area contributed by atoms with Crippen LogP contribution in [0, 0.1) is 0 Å². The summed E-state index contributed by atoms with van der Waals surface area (Å²) in [6, 6.07) is 13.1. The molecule has 0 unspecified atom stereocenters. The van der Waals surface area contributed by atoms with Crippen LogP contribution in [0.25, 0.3) is 53.7 Å². The van der Waals surface area contributed by atoms with Crippen molar-refractivity contribution in [1.82, 2.24) is 30.0 Å². The lowest BCUT2D eigenvalue weighted by atomic mass is 9.99. The summed E-state index contributed by atoms with van der Waals surface area (Å²) >= 11 is 10.8. The summed E-state index contributed by atoms with van der Waals surface area (Å²) in [4.78, 5) is 6.21. The zero-order valence-electron chi connectivity index (χ0n) is 25.6. The maximum atomic E-state index is 5.14. The van der Waals surface area contributed by atoms with Gasteiger partial charge in [0.05, 0.1) is 20.7 Å². The number of rotatable bonds is 16. The Labute approximate surface area is 284 Å². The fourth-order valence-corrected chi connectivity index (χ4v) is 8.76. The number of hydrogen-bond acceptors (Lipinski definition) is 6. The average molecular weight is 757 g/mol. The predicted molar refractivity (Wildman–Crippen MR) is 195 cm³/mol. The number of thiophene rings is 2. The zero-order valence-corrected chi connectivity index (χ0v) is 30.4. The van der Waals surface area contributed by atoms with E-state index in [9.17, 15) is 0 Å². The van der Waals surface area contributed by atoms with Crippen LogP contribution >= 0.6 is 54.5 Å². The third kappa shape index (κ3) is 7.13. The van der Waals surface area contributed by atoms with Crippen molar-refractivity contribution in [3.63, 3.8) is 0 Å². The number of fused-ring (bicyclic) bond motifs is 5. The summed E-state index contributed by atoms with van der Waals surface area (Å²) < 4.78 is 2.21. The molecular weight excluding hydrogens is 716 g/mol. The first-order chi connectivity index (χ1) is 21.6. The van der Waals surface area contributed by atoms with E-state index in [1.54, 1.807) is 22.7 Å². The van der Waals surface area contributed by atoms with E-state index in [0.29, 0.717) is 0 Å². The molecule has 0 aliphatic heterocycles. The Morgan fingerprint density at radius 2 is 0.909 bits per heavy atom. The molecule has 6 nitrogen and oxygen atoms in total. The first-order valence-corrected chi connectivity index (χ1v) is 19.4. The maximum absolute atomic E-state index is 5.14. The molecule has 0 fully saturated rings. The largest absolute Gasteiger partial charge is 0.184 e. The molecule has 0 radical (unpaired) electrons. The van der Waals surface area contributed by atoms with E-state index in [-0.39, 0.29) is 0 Å². The highest BCUT2D eigenvalue weighted by Gasteiger charge is 2.22. The molecule has 4 heterocycles. The minimum Gasteiger partial charge on any atom is -0.184 e. The van der Waals surface area contributed by atoms with Crippen LogP contribution in [0.2, 0.25) is 0 Å². The molecule has 44 heavy (non-hydrogen) atoms. The number of aromatic nitrogens is 6. The van der Waals surface area contributed by atoms with Gasteiger partial charge in [-0.2, -0.15) is 30.0 Å². The van der Waals surface area contributed by atoms with Gasteiger partial charge in [-0.25, -0.2) is 0 Å². The van der Waals surface area contributed by atoms with Crippen molar-refractivity contribution >= 4 is 87.4 Å². The number of benzene rings is 2. The Morgan fingerprint density at radius 3 is 1.30 bits per heavy atom. The van der Waals surface area contributed by atoms with Crippen molar-refractivity contribution in [3.8, 4) is 20.9 Å². The second-order valence-electron chi connectivity index (χ2n) is 11.7. The van der Waals surface area contributed by atoms with Crippen molar-refractivity contribution < 1.29 is 0 Å². The van der Waals surface area contributed by atoms with Crippen LogP contribution in [0.5, 0.6) is 0 Å². The predicted octanol–water partition coefficient (Wildman–Crippen LogP) is 12.0. The van der Waals surface area contributed by atoms with Crippen molar-refractivity contribution in [1.29, 1.82) is 0 Å². The van der Waals surface area contributed by atoms with Crippen LogP contribution in [-0.2, 0) is 13.1 Å². The minimum absolute atomic E-state index is 0.831. The Bertz CT molecular complexity index is 1720. The lowest BCUT2D eigenvalue weighted by molar-refractivity contribution is 0.488. The van der Waals surface area contributed by atoms with E-state index in [1.807, 2.05) is 9.59 Å². The molecule has 2 aromatic carbocycles. The van der Waals surface area contributed by atoms with E-state index in [2.05, 4.69) is 82.1 Å². The monoisotopic (exact) mass is 754 g/mol. The second-order valence-corrected chi connectivity index (χ2v) is 16.6. The van der Waals surface area contributed by atoms with Crippen LogP contribution in [-0.4, -0.2) is 30.0 Å². The molecule has 0 bridgehead atoms. The van der Waals surface area contributed by atoms with Gasteiger partial charge in [0.2, 0.25) is 0 Å². The first-order valence-electron chi connectivity index (χ1n) is 16.2. The molecule has 10 heteroatoms. The van der Waals surface area contributed by atoms with Crippen LogP contribution < -0.4 is 0 Å². The van der Waals surface area contributed by atoms with Gasteiger partial charge in [0.25, 0.3) is 0 Å². The van der Waals surface area contributed by atoms with Crippen molar-refractivity contribution in [3.05, 3.63) is 44.0 Å². The van der Waals surface area contributed by atoms with Gasteiger partial charge in [0, 0.05) is 31.7 Å². The summed E-state index contributed by atoms with van der Waals surface area (Å²) in [5.41, 5.74) is 6.01. The van der Waals surface area contributed by atoms with Crippen LogP contribution in [0.4, 0.5) is 0 Å². The average Bonchev–Trinajstić information content (AvgIpc) is 3.82.